The summed E-state index contributed by atoms with van der Waals surface area (Å²) in [4.78, 5) is 12.2. The Labute approximate surface area is 146 Å². The van der Waals surface area contributed by atoms with Gasteiger partial charge < -0.3 is 4.74 Å². The van der Waals surface area contributed by atoms with Crippen LogP contribution < -0.4 is 0 Å². The highest BCUT2D eigenvalue weighted by Crippen LogP contribution is 2.29. The third-order valence-corrected chi connectivity index (χ3v) is 4.45. The molecule has 4 aromatic rings. The zero-order valence-corrected chi connectivity index (χ0v) is 13.8. The molecule has 0 radical (unpaired) electrons. The van der Waals surface area contributed by atoms with E-state index < -0.39 is 0 Å². The molecule has 0 atom stereocenters. The Morgan fingerprint density at radius 1 is 0.720 bits per heavy atom. The molecule has 4 aromatic carbocycles. The molecule has 0 heterocycles. The minimum Gasteiger partial charge on any atom is -0.461 e. The van der Waals surface area contributed by atoms with Gasteiger partial charge in [0.1, 0.15) is 6.61 Å². The Morgan fingerprint density at radius 3 is 1.92 bits per heavy atom. The normalized spacial score (nSPS) is 10.9. The van der Waals surface area contributed by atoms with Crippen LogP contribution in [0.25, 0.3) is 21.5 Å². The first-order chi connectivity index (χ1) is 12.3. The van der Waals surface area contributed by atoms with Crippen molar-refractivity contribution >= 4 is 27.5 Å². The molecular weight excluding hydrogens is 308 g/mol. The lowest BCUT2D eigenvalue weighted by Gasteiger charge is -2.12. The van der Waals surface area contributed by atoms with Gasteiger partial charge in [0.25, 0.3) is 0 Å². The highest BCUT2D eigenvalue weighted by Gasteiger charge is 2.10. The maximum atomic E-state index is 12.2. The van der Waals surface area contributed by atoms with Crippen molar-refractivity contribution in [3.63, 3.8) is 0 Å². The summed E-state index contributed by atoms with van der Waals surface area (Å²) in [7, 11) is 0. The topological polar surface area (TPSA) is 26.3 Å². The van der Waals surface area contributed by atoms with Crippen molar-refractivity contribution in [2.75, 3.05) is 0 Å². The van der Waals surface area contributed by atoms with Crippen molar-refractivity contribution in [1.82, 2.24) is 0 Å². The van der Waals surface area contributed by atoms with E-state index in [0.717, 1.165) is 32.7 Å². The summed E-state index contributed by atoms with van der Waals surface area (Å²) in [6.07, 6.45) is 0.295. The van der Waals surface area contributed by atoms with Gasteiger partial charge in [-0.2, -0.15) is 0 Å². The van der Waals surface area contributed by atoms with Crippen LogP contribution >= 0.6 is 0 Å². The van der Waals surface area contributed by atoms with Gasteiger partial charge in [0, 0.05) is 5.56 Å². The molecule has 25 heavy (non-hydrogen) atoms. The molecule has 0 bridgehead atoms. The lowest BCUT2D eigenvalue weighted by Crippen LogP contribution is -2.08. The standard InChI is InChI=1S/C23H18O2/c24-23(14-17-8-2-1-3-9-17)25-16-22-20-12-6-4-10-18(20)15-19-11-5-7-13-21(19)22/h1-13,15H,14,16H2. The van der Waals surface area contributed by atoms with Gasteiger partial charge in [-0.05, 0) is 33.2 Å². The SMILES string of the molecule is O=C(Cc1ccccc1)OCc1c2ccccc2cc2ccccc12. The lowest BCUT2D eigenvalue weighted by atomic mass is 9.97. The average molecular weight is 326 g/mol. The van der Waals surface area contributed by atoms with Crippen molar-refractivity contribution in [2.45, 2.75) is 13.0 Å². The Kier molecular flexibility index (Phi) is 4.17. The van der Waals surface area contributed by atoms with Gasteiger partial charge in [0.15, 0.2) is 0 Å². The van der Waals surface area contributed by atoms with Crippen LogP contribution in [0.3, 0.4) is 0 Å². The van der Waals surface area contributed by atoms with E-state index in [-0.39, 0.29) is 12.6 Å². The number of carbonyl (C=O) groups is 1. The lowest BCUT2D eigenvalue weighted by molar-refractivity contribution is -0.144. The Morgan fingerprint density at radius 2 is 1.28 bits per heavy atom. The highest BCUT2D eigenvalue weighted by atomic mass is 16.5. The summed E-state index contributed by atoms with van der Waals surface area (Å²) in [6, 6.07) is 28.3. The molecule has 0 N–H and O–H groups in total. The summed E-state index contributed by atoms with van der Waals surface area (Å²) in [5, 5.41) is 4.59. The van der Waals surface area contributed by atoms with E-state index in [1.54, 1.807) is 0 Å². The first-order valence-corrected chi connectivity index (χ1v) is 8.40. The van der Waals surface area contributed by atoms with Crippen LogP contribution in [0.1, 0.15) is 11.1 Å². The summed E-state index contributed by atoms with van der Waals surface area (Å²) in [6.45, 7) is 0.285. The molecule has 0 amide bonds. The number of carbonyl (C=O) groups excluding carboxylic acids is 1. The van der Waals surface area contributed by atoms with Crippen LogP contribution in [0, 0.1) is 0 Å². The highest BCUT2D eigenvalue weighted by molar-refractivity contribution is 6.02. The van der Waals surface area contributed by atoms with Gasteiger partial charge in [0.05, 0.1) is 6.42 Å². The summed E-state index contributed by atoms with van der Waals surface area (Å²) in [5.41, 5.74) is 2.03. The number of rotatable bonds is 4. The van der Waals surface area contributed by atoms with Crippen molar-refractivity contribution in [3.05, 3.63) is 96.1 Å². The van der Waals surface area contributed by atoms with Crippen LogP contribution in [0.2, 0.25) is 0 Å². The van der Waals surface area contributed by atoms with E-state index >= 15 is 0 Å². The van der Waals surface area contributed by atoms with Crippen LogP contribution in [0.5, 0.6) is 0 Å². The van der Waals surface area contributed by atoms with Crippen LogP contribution in [-0.2, 0) is 22.6 Å². The number of esters is 1. The van der Waals surface area contributed by atoms with Gasteiger partial charge >= 0.3 is 5.97 Å². The molecule has 2 heteroatoms. The van der Waals surface area contributed by atoms with Crippen molar-refractivity contribution in [2.24, 2.45) is 0 Å². The molecule has 0 unspecified atom stereocenters. The van der Waals surface area contributed by atoms with E-state index in [4.69, 9.17) is 4.74 Å². The largest absolute Gasteiger partial charge is 0.461 e. The first-order valence-electron chi connectivity index (χ1n) is 8.40. The second kappa shape index (κ2) is 6.78. The predicted molar refractivity (Wildman–Crippen MR) is 101 cm³/mol. The molecule has 122 valence electrons. The Balaban J connectivity index is 1.64. The fourth-order valence-corrected chi connectivity index (χ4v) is 3.23. The van der Waals surface area contributed by atoms with Crippen LogP contribution in [0.15, 0.2) is 84.9 Å². The number of hydrogen-bond acceptors (Lipinski definition) is 2. The molecule has 0 spiro atoms. The third-order valence-electron chi connectivity index (χ3n) is 4.45. The zero-order chi connectivity index (χ0) is 17.1. The molecule has 0 aromatic heterocycles. The Hall–Kier alpha value is -3.13. The van der Waals surface area contributed by atoms with Gasteiger partial charge in [0.2, 0.25) is 0 Å². The van der Waals surface area contributed by atoms with Crippen LogP contribution in [0.4, 0.5) is 0 Å². The van der Waals surface area contributed by atoms with Crippen LogP contribution in [-0.4, -0.2) is 5.97 Å². The molecule has 0 saturated carbocycles. The molecule has 0 aliphatic rings. The van der Waals surface area contributed by atoms with Crippen molar-refractivity contribution in [1.29, 1.82) is 0 Å². The minimum atomic E-state index is -0.205. The van der Waals surface area contributed by atoms with Crippen molar-refractivity contribution in [3.8, 4) is 0 Å². The average Bonchev–Trinajstić information content (AvgIpc) is 2.66. The maximum Gasteiger partial charge on any atom is 0.310 e. The Bertz CT molecular complexity index is 982. The monoisotopic (exact) mass is 326 g/mol. The van der Waals surface area contributed by atoms with E-state index in [1.807, 2.05) is 54.6 Å². The molecule has 0 aliphatic carbocycles. The van der Waals surface area contributed by atoms with Gasteiger partial charge in [-0.15, -0.1) is 0 Å². The van der Waals surface area contributed by atoms with Gasteiger partial charge in [-0.3, -0.25) is 4.79 Å². The molecule has 2 nitrogen and oxygen atoms in total. The smallest absolute Gasteiger partial charge is 0.310 e. The second-order valence-electron chi connectivity index (χ2n) is 6.12. The summed E-state index contributed by atoms with van der Waals surface area (Å²) >= 11 is 0. The molecule has 0 aliphatic heterocycles. The number of ether oxygens (including phenoxy) is 1. The molecule has 0 fully saturated rings. The molecule has 4 rings (SSSR count). The summed E-state index contributed by atoms with van der Waals surface area (Å²) in [5.74, 6) is -0.205. The second-order valence-corrected chi connectivity index (χ2v) is 6.12. The number of fused-ring (bicyclic) bond motifs is 2. The fraction of sp³-hybridized carbons (Fsp3) is 0.0870. The van der Waals surface area contributed by atoms with Crippen molar-refractivity contribution < 1.29 is 9.53 Å². The van der Waals surface area contributed by atoms with E-state index in [2.05, 4.69) is 30.3 Å². The number of hydrogen-bond donors (Lipinski definition) is 0. The predicted octanol–water partition coefficient (Wildman–Crippen LogP) is 5.28. The van der Waals surface area contributed by atoms with E-state index in [0.29, 0.717) is 6.42 Å². The zero-order valence-electron chi connectivity index (χ0n) is 13.8. The van der Waals surface area contributed by atoms with E-state index in [1.165, 1.54) is 0 Å². The minimum absolute atomic E-state index is 0.205. The first kappa shape index (κ1) is 15.4. The van der Waals surface area contributed by atoms with Gasteiger partial charge in [-0.25, -0.2) is 0 Å². The third kappa shape index (κ3) is 3.24. The quantitative estimate of drug-likeness (QED) is 0.377. The van der Waals surface area contributed by atoms with E-state index in [9.17, 15) is 4.79 Å². The maximum absolute atomic E-state index is 12.2. The molecule has 0 saturated heterocycles. The summed E-state index contributed by atoms with van der Waals surface area (Å²) < 4.78 is 5.61. The molecular formula is C23H18O2. The number of benzene rings is 4. The van der Waals surface area contributed by atoms with Gasteiger partial charge in [-0.1, -0.05) is 78.9 Å². The fourth-order valence-electron chi connectivity index (χ4n) is 3.23.